The van der Waals surface area contributed by atoms with E-state index in [1.54, 1.807) is 25.9 Å². The van der Waals surface area contributed by atoms with Crippen molar-refractivity contribution in [1.29, 1.82) is 0 Å². The normalized spacial score (nSPS) is 13.3. The molecule has 0 radical (unpaired) electrons. The summed E-state index contributed by atoms with van der Waals surface area (Å²) in [5.41, 5.74) is 2.00. The average molecular weight is 578 g/mol. The monoisotopic (exact) mass is 577 g/mol. The van der Waals surface area contributed by atoms with E-state index in [9.17, 15) is 22.8 Å². The van der Waals surface area contributed by atoms with E-state index in [1.165, 1.54) is 30.0 Å². The van der Waals surface area contributed by atoms with Gasteiger partial charge in [0.2, 0.25) is 15.9 Å². The summed E-state index contributed by atoms with van der Waals surface area (Å²) in [6.07, 6.45) is 0.842. The number of ether oxygens (including phenoxy) is 1. The molecule has 2 aromatic carbocycles. The lowest BCUT2D eigenvalue weighted by molar-refractivity contribution is -0.138. The molecule has 0 unspecified atom stereocenters. The maximum atomic E-state index is 13.2. The van der Waals surface area contributed by atoms with E-state index < -0.39 is 34.6 Å². The van der Waals surface area contributed by atoms with Crippen LogP contribution in [0.1, 0.15) is 13.3 Å². The number of imidazole rings is 1. The van der Waals surface area contributed by atoms with E-state index in [-0.39, 0.29) is 29.4 Å². The topological polar surface area (TPSA) is 160 Å². The number of amides is 1. The third-order valence-corrected chi connectivity index (χ3v) is 7.62. The summed E-state index contributed by atoms with van der Waals surface area (Å²) in [5.74, 6) is -1.73. The Hall–Kier alpha value is -3.46. The van der Waals surface area contributed by atoms with Gasteiger partial charge in [-0.2, -0.15) is 0 Å². The summed E-state index contributed by atoms with van der Waals surface area (Å²) < 4.78 is 36.6. The first-order chi connectivity index (χ1) is 18.4. The lowest BCUT2D eigenvalue weighted by Gasteiger charge is -2.21. The molecule has 210 valence electrons. The molecule has 3 N–H and O–H groups in total. The molecule has 0 aliphatic carbocycles. The van der Waals surface area contributed by atoms with Crippen molar-refractivity contribution in [1.82, 2.24) is 19.2 Å². The van der Waals surface area contributed by atoms with Crippen LogP contribution in [-0.4, -0.2) is 85.2 Å². The second kappa shape index (κ2) is 13.1. The van der Waals surface area contributed by atoms with E-state index in [0.717, 1.165) is 16.2 Å². The Labute approximate surface area is 230 Å². The number of fused-ring (bicyclic) bond motifs is 1. The number of thioether (sulfide) groups is 1. The third kappa shape index (κ3) is 8.02. The van der Waals surface area contributed by atoms with Crippen molar-refractivity contribution in [2.75, 3.05) is 32.2 Å². The Morgan fingerprint density at radius 1 is 1.23 bits per heavy atom. The molecule has 1 amide bonds. The fourth-order valence-electron chi connectivity index (χ4n) is 3.85. The Balaban J connectivity index is 1.95. The molecule has 1 heterocycles. The maximum Gasteiger partial charge on any atom is 0.305 e. The largest absolute Gasteiger partial charge is 0.487 e. The molecule has 0 aliphatic heterocycles. The Kier molecular flexibility index (Phi) is 10.1. The van der Waals surface area contributed by atoms with Crippen LogP contribution in [0.25, 0.3) is 11.0 Å². The zero-order valence-electron chi connectivity index (χ0n) is 21.9. The lowest BCUT2D eigenvalue weighted by atomic mass is 10.2. The number of carbonyl (C=O) groups is 3. The molecular formula is C25H31N5O7S2. The van der Waals surface area contributed by atoms with Crippen LogP contribution in [0.3, 0.4) is 0 Å². The number of aromatic nitrogens is 2. The molecule has 0 aliphatic rings. The van der Waals surface area contributed by atoms with Crippen molar-refractivity contribution in [3.63, 3.8) is 0 Å². The van der Waals surface area contributed by atoms with Crippen LogP contribution in [0.15, 0.2) is 52.5 Å². The predicted molar refractivity (Wildman–Crippen MR) is 148 cm³/mol. The minimum atomic E-state index is -4.38. The van der Waals surface area contributed by atoms with Gasteiger partial charge in [0.25, 0.3) is 0 Å². The number of para-hydroxylation sites is 2. The average Bonchev–Trinajstić information content (AvgIpc) is 3.20. The number of sulfonamides is 1. The zero-order chi connectivity index (χ0) is 28.7. The molecule has 0 saturated heterocycles. The highest BCUT2D eigenvalue weighted by molar-refractivity contribution is 7.98. The summed E-state index contributed by atoms with van der Waals surface area (Å²) >= 11 is 1.46. The minimum absolute atomic E-state index is 0.0762. The summed E-state index contributed by atoms with van der Waals surface area (Å²) in [6, 6.07) is 10.1. The van der Waals surface area contributed by atoms with Crippen LogP contribution in [0.2, 0.25) is 0 Å². The summed E-state index contributed by atoms with van der Waals surface area (Å²) in [4.78, 5) is 40.7. The van der Waals surface area contributed by atoms with E-state index in [1.807, 2.05) is 35.1 Å². The van der Waals surface area contributed by atoms with Crippen molar-refractivity contribution >= 4 is 56.7 Å². The van der Waals surface area contributed by atoms with Crippen LogP contribution in [-0.2, 0) is 31.0 Å². The third-order valence-electron chi connectivity index (χ3n) is 5.41. The van der Waals surface area contributed by atoms with Crippen LogP contribution in [0.4, 0.5) is 5.69 Å². The van der Waals surface area contributed by atoms with Crippen LogP contribution < -0.4 is 14.8 Å². The SMILES string of the molecule is CSc1nc2ccccc2n1C[C@@H](C)Oc1cc(NC(=O)CN(C)C)ccc1S(=O)(=O)N[C@@H](C=O)CC(=O)O. The van der Waals surface area contributed by atoms with E-state index in [2.05, 4.69) is 15.0 Å². The highest BCUT2D eigenvalue weighted by Gasteiger charge is 2.27. The first-order valence-electron chi connectivity index (χ1n) is 11.9. The number of hydrogen-bond donors (Lipinski definition) is 3. The molecule has 1 aromatic heterocycles. The number of rotatable bonds is 14. The van der Waals surface area contributed by atoms with Gasteiger partial charge < -0.3 is 29.4 Å². The van der Waals surface area contributed by atoms with Gasteiger partial charge in [0.15, 0.2) is 5.16 Å². The fourth-order valence-corrected chi connectivity index (χ4v) is 5.72. The van der Waals surface area contributed by atoms with Crippen molar-refractivity contribution < 1.29 is 32.6 Å². The first-order valence-corrected chi connectivity index (χ1v) is 14.6. The van der Waals surface area contributed by atoms with Crippen molar-refractivity contribution in [3.8, 4) is 5.75 Å². The molecule has 3 rings (SSSR count). The molecule has 3 aromatic rings. The zero-order valence-corrected chi connectivity index (χ0v) is 23.6. The number of hydrogen-bond acceptors (Lipinski definition) is 9. The van der Waals surface area contributed by atoms with Gasteiger partial charge in [-0.1, -0.05) is 23.9 Å². The second-order valence-electron chi connectivity index (χ2n) is 9.04. The van der Waals surface area contributed by atoms with Gasteiger partial charge in [-0.15, -0.1) is 0 Å². The molecule has 14 heteroatoms. The molecule has 0 fully saturated rings. The number of carboxylic acid groups (broad SMARTS) is 1. The minimum Gasteiger partial charge on any atom is -0.487 e. The van der Waals surface area contributed by atoms with E-state index >= 15 is 0 Å². The van der Waals surface area contributed by atoms with E-state index in [4.69, 9.17) is 9.84 Å². The van der Waals surface area contributed by atoms with Gasteiger partial charge in [0, 0.05) is 11.8 Å². The Morgan fingerprint density at radius 2 is 1.95 bits per heavy atom. The Morgan fingerprint density at radius 3 is 2.59 bits per heavy atom. The van der Waals surface area contributed by atoms with Crippen LogP contribution in [0, 0.1) is 0 Å². The van der Waals surface area contributed by atoms with Crippen LogP contribution >= 0.6 is 11.8 Å². The van der Waals surface area contributed by atoms with Gasteiger partial charge in [0.1, 0.15) is 23.0 Å². The fraction of sp³-hybridized carbons (Fsp3) is 0.360. The number of likely N-dealkylation sites (N-methyl/N-ethyl adjacent to an activating group) is 1. The summed E-state index contributed by atoms with van der Waals surface area (Å²) in [7, 11) is -0.908. The quantitative estimate of drug-likeness (QED) is 0.191. The number of anilines is 1. The number of aliphatic carboxylic acids is 1. The number of carbonyl (C=O) groups excluding carboxylic acids is 2. The van der Waals surface area contributed by atoms with Gasteiger partial charge in [-0.05, 0) is 51.5 Å². The second-order valence-corrected chi connectivity index (χ2v) is 11.5. The number of carboxylic acids is 1. The highest BCUT2D eigenvalue weighted by Crippen LogP contribution is 2.30. The van der Waals surface area contributed by atoms with Crippen molar-refractivity contribution in [3.05, 3.63) is 42.5 Å². The smallest absolute Gasteiger partial charge is 0.305 e. The molecule has 0 spiro atoms. The molecule has 0 bridgehead atoms. The molecule has 39 heavy (non-hydrogen) atoms. The number of nitrogens with one attached hydrogen (secondary N) is 2. The molecule has 2 atom stereocenters. The first kappa shape index (κ1) is 30.1. The Bertz CT molecular complexity index is 1460. The molecule has 12 nitrogen and oxygen atoms in total. The number of benzene rings is 2. The highest BCUT2D eigenvalue weighted by atomic mass is 32.2. The van der Waals surface area contributed by atoms with Gasteiger partial charge in [0.05, 0.1) is 36.6 Å². The lowest BCUT2D eigenvalue weighted by Crippen LogP contribution is -2.38. The van der Waals surface area contributed by atoms with Crippen molar-refractivity contribution in [2.24, 2.45) is 0 Å². The maximum absolute atomic E-state index is 13.2. The summed E-state index contributed by atoms with van der Waals surface area (Å²) in [6.45, 7) is 2.20. The van der Waals surface area contributed by atoms with E-state index in [0.29, 0.717) is 12.2 Å². The molecular weight excluding hydrogens is 546 g/mol. The standard InChI is InChI=1S/C25H31N5O7S2/c1-16(13-30-20-8-6-5-7-19(20)27-25(30)38-4)37-21-11-17(26-23(32)14-29(2)3)9-10-22(21)39(35,36)28-18(15-31)12-24(33)34/h5-11,15-16,18,28H,12-14H2,1-4H3,(H,26,32)(H,33,34)/t16-,18-/m1/s1. The number of nitrogens with zero attached hydrogens (tertiary/aromatic N) is 3. The van der Waals surface area contributed by atoms with Crippen molar-refractivity contribution in [2.45, 2.75) is 42.1 Å². The van der Waals surface area contributed by atoms with Gasteiger partial charge >= 0.3 is 5.97 Å². The number of aldehydes is 1. The van der Waals surface area contributed by atoms with Gasteiger partial charge in [-0.3, -0.25) is 9.59 Å². The summed E-state index contributed by atoms with van der Waals surface area (Å²) in [5, 5.41) is 12.5. The van der Waals surface area contributed by atoms with Crippen LogP contribution in [0.5, 0.6) is 5.75 Å². The predicted octanol–water partition coefficient (Wildman–Crippen LogP) is 2.05. The molecule has 0 saturated carbocycles. The van der Waals surface area contributed by atoms with Gasteiger partial charge in [-0.25, -0.2) is 18.1 Å².